The second-order valence-corrected chi connectivity index (χ2v) is 9.70. The maximum Gasteiger partial charge on any atom is 0.230 e. The quantitative estimate of drug-likeness (QED) is 0.671. The second kappa shape index (κ2) is 7.73. The molecule has 2 amide bonds. The molecule has 0 aromatic heterocycles. The average Bonchev–Trinajstić information content (AvgIpc) is 3.51. The maximum atomic E-state index is 13.5. The predicted molar refractivity (Wildman–Crippen MR) is 117 cm³/mol. The van der Waals surface area contributed by atoms with Crippen LogP contribution in [0.25, 0.3) is 0 Å². The summed E-state index contributed by atoms with van der Waals surface area (Å²) in [5.74, 6) is -0.243. The van der Waals surface area contributed by atoms with Crippen molar-refractivity contribution in [2.45, 2.75) is 38.5 Å². The Labute approximate surface area is 183 Å². The smallest absolute Gasteiger partial charge is 0.230 e. The van der Waals surface area contributed by atoms with Gasteiger partial charge in [-0.25, -0.2) is 0 Å². The molecule has 3 fully saturated rings. The molecular formula is C24H32N4O3. The Morgan fingerprint density at radius 2 is 2.06 bits per heavy atom. The SMILES string of the molecule is Cc1ccc(C)c(CN2C[C@@]34C=C[C@@H](O3)C(C(=O)N(C)CCC3CNNC3)C4C2=O)c1. The lowest BCUT2D eigenvalue weighted by Gasteiger charge is -2.28. The summed E-state index contributed by atoms with van der Waals surface area (Å²) in [5.41, 5.74) is 9.14. The monoisotopic (exact) mass is 424 g/mol. The number of fused-ring (bicyclic) bond motifs is 1. The van der Waals surface area contributed by atoms with Crippen LogP contribution in [0.15, 0.2) is 30.4 Å². The summed E-state index contributed by atoms with van der Waals surface area (Å²) in [5, 5.41) is 0. The lowest BCUT2D eigenvalue weighted by atomic mass is 9.76. The second-order valence-electron chi connectivity index (χ2n) is 9.70. The number of carbonyl (C=O) groups excluding carboxylic acids is 2. The van der Waals surface area contributed by atoms with E-state index in [2.05, 4.69) is 42.9 Å². The van der Waals surface area contributed by atoms with E-state index in [0.29, 0.717) is 25.6 Å². The Hall–Kier alpha value is -2.22. The largest absolute Gasteiger partial charge is 0.360 e. The third-order valence-electron chi connectivity index (χ3n) is 7.49. The van der Waals surface area contributed by atoms with Gasteiger partial charge in [0.2, 0.25) is 11.8 Å². The molecule has 1 spiro atoms. The van der Waals surface area contributed by atoms with Crippen molar-refractivity contribution in [3.05, 3.63) is 47.0 Å². The summed E-state index contributed by atoms with van der Waals surface area (Å²) in [6, 6.07) is 6.34. The summed E-state index contributed by atoms with van der Waals surface area (Å²) in [6.45, 7) is 7.77. The first kappa shape index (κ1) is 20.7. The molecular weight excluding hydrogens is 392 g/mol. The third kappa shape index (κ3) is 3.49. The van der Waals surface area contributed by atoms with Crippen LogP contribution in [0.3, 0.4) is 0 Å². The number of hydrazine groups is 1. The van der Waals surface area contributed by atoms with Crippen LogP contribution in [-0.4, -0.2) is 66.5 Å². The fraction of sp³-hybridized carbons (Fsp3) is 0.583. The summed E-state index contributed by atoms with van der Waals surface area (Å²) in [6.07, 6.45) is 4.68. The lowest BCUT2D eigenvalue weighted by molar-refractivity contribution is -0.142. The summed E-state index contributed by atoms with van der Waals surface area (Å²) >= 11 is 0. The molecule has 2 unspecified atom stereocenters. The summed E-state index contributed by atoms with van der Waals surface area (Å²) < 4.78 is 6.30. The Morgan fingerprint density at radius 1 is 1.29 bits per heavy atom. The number of hydrogen-bond acceptors (Lipinski definition) is 5. The number of aryl methyl sites for hydroxylation is 2. The van der Waals surface area contributed by atoms with Crippen LogP contribution >= 0.6 is 0 Å². The van der Waals surface area contributed by atoms with E-state index in [1.54, 1.807) is 4.90 Å². The van der Waals surface area contributed by atoms with Crippen LogP contribution in [0.4, 0.5) is 0 Å². The molecule has 4 aliphatic heterocycles. The van der Waals surface area contributed by atoms with E-state index in [0.717, 1.165) is 25.1 Å². The number of nitrogens with zero attached hydrogens (tertiary/aromatic N) is 2. The first-order valence-corrected chi connectivity index (χ1v) is 11.3. The van der Waals surface area contributed by atoms with Crippen molar-refractivity contribution < 1.29 is 14.3 Å². The molecule has 3 saturated heterocycles. The van der Waals surface area contributed by atoms with Crippen LogP contribution in [0.5, 0.6) is 0 Å². The topological polar surface area (TPSA) is 73.9 Å². The molecule has 1 aromatic rings. The van der Waals surface area contributed by atoms with Crippen LogP contribution in [0.1, 0.15) is 23.1 Å². The number of likely N-dealkylation sites (tertiary alicyclic amines) is 1. The highest BCUT2D eigenvalue weighted by Gasteiger charge is 2.67. The standard InChI is InChI=1S/C24H32N4O3/c1-15-4-5-16(2)18(10-15)13-28-14-24-8-6-19(31-24)20(21(24)23(28)30)22(29)27(3)9-7-17-11-25-26-12-17/h4-6,8,10,17,19-21,25-26H,7,9,11-14H2,1-3H3/t19-,20?,21?,24-/m1/s1. The van der Waals surface area contributed by atoms with Gasteiger partial charge in [-0.1, -0.05) is 35.9 Å². The third-order valence-corrected chi connectivity index (χ3v) is 7.49. The molecule has 4 aliphatic rings. The van der Waals surface area contributed by atoms with Crippen molar-refractivity contribution in [1.82, 2.24) is 20.7 Å². The molecule has 0 aliphatic carbocycles. The van der Waals surface area contributed by atoms with E-state index >= 15 is 0 Å². The Morgan fingerprint density at radius 3 is 2.84 bits per heavy atom. The average molecular weight is 425 g/mol. The molecule has 2 bridgehead atoms. The highest BCUT2D eigenvalue weighted by Crippen LogP contribution is 2.52. The minimum Gasteiger partial charge on any atom is -0.360 e. The predicted octanol–water partition coefficient (Wildman–Crippen LogP) is 1.16. The number of nitrogens with one attached hydrogen (secondary N) is 2. The van der Waals surface area contributed by atoms with Crippen LogP contribution in [-0.2, 0) is 20.9 Å². The summed E-state index contributed by atoms with van der Waals surface area (Å²) in [7, 11) is 1.85. The molecule has 0 saturated carbocycles. The van der Waals surface area contributed by atoms with Gasteiger partial charge in [0.25, 0.3) is 0 Å². The van der Waals surface area contributed by atoms with Gasteiger partial charge in [0.1, 0.15) is 5.60 Å². The number of ether oxygens (including phenoxy) is 1. The number of carbonyl (C=O) groups is 2. The van der Waals surface area contributed by atoms with Gasteiger partial charge in [-0.3, -0.25) is 20.4 Å². The van der Waals surface area contributed by atoms with Gasteiger partial charge < -0.3 is 14.5 Å². The van der Waals surface area contributed by atoms with Crippen LogP contribution in [0.2, 0.25) is 0 Å². The minimum absolute atomic E-state index is 0.0297. The normalized spacial score (nSPS) is 31.6. The molecule has 7 heteroatoms. The van der Waals surface area contributed by atoms with E-state index < -0.39 is 17.4 Å². The van der Waals surface area contributed by atoms with Crippen LogP contribution < -0.4 is 10.9 Å². The maximum absolute atomic E-state index is 13.5. The first-order chi connectivity index (χ1) is 14.9. The van der Waals surface area contributed by atoms with E-state index in [1.165, 1.54) is 11.1 Å². The lowest BCUT2D eigenvalue weighted by Crippen LogP contribution is -2.45. The fourth-order valence-corrected chi connectivity index (χ4v) is 5.62. The highest BCUT2D eigenvalue weighted by atomic mass is 16.5. The first-order valence-electron chi connectivity index (χ1n) is 11.3. The number of rotatable bonds is 6. The van der Waals surface area contributed by atoms with Gasteiger partial charge in [0, 0.05) is 33.2 Å². The molecule has 4 heterocycles. The van der Waals surface area contributed by atoms with E-state index in [1.807, 2.05) is 24.1 Å². The molecule has 2 N–H and O–H groups in total. The van der Waals surface area contributed by atoms with Gasteiger partial charge in [-0.15, -0.1) is 0 Å². The Bertz CT molecular complexity index is 925. The Kier molecular flexibility index (Phi) is 5.15. The fourth-order valence-electron chi connectivity index (χ4n) is 5.62. The minimum atomic E-state index is -0.653. The van der Waals surface area contributed by atoms with Crippen molar-refractivity contribution in [3.63, 3.8) is 0 Å². The number of benzene rings is 1. The molecule has 0 radical (unpaired) electrons. The van der Waals surface area contributed by atoms with Gasteiger partial charge in [0.05, 0.1) is 24.5 Å². The summed E-state index contributed by atoms with van der Waals surface area (Å²) in [4.78, 5) is 30.6. The van der Waals surface area contributed by atoms with Gasteiger partial charge in [0.15, 0.2) is 0 Å². The van der Waals surface area contributed by atoms with E-state index in [4.69, 9.17) is 4.74 Å². The van der Waals surface area contributed by atoms with Crippen molar-refractivity contribution in [2.75, 3.05) is 33.2 Å². The zero-order chi connectivity index (χ0) is 21.8. The van der Waals surface area contributed by atoms with E-state index in [-0.39, 0.29) is 17.9 Å². The van der Waals surface area contributed by atoms with Crippen molar-refractivity contribution in [2.24, 2.45) is 17.8 Å². The number of hydrogen-bond donors (Lipinski definition) is 2. The van der Waals surface area contributed by atoms with Gasteiger partial charge in [-0.05, 0) is 37.3 Å². The van der Waals surface area contributed by atoms with Gasteiger partial charge in [-0.2, -0.15) is 0 Å². The molecule has 7 nitrogen and oxygen atoms in total. The molecule has 4 atom stereocenters. The van der Waals surface area contributed by atoms with E-state index in [9.17, 15) is 9.59 Å². The molecule has 166 valence electrons. The zero-order valence-electron chi connectivity index (χ0n) is 18.6. The molecule has 1 aromatic carbocycles. The molecule has 31 heavy (non-hydrogen) atoms. The van der Waals surface area contributed by atoms with Gasteiger partial charge >= 0.3 is 0 Å². The highest BCUT2D eigenvalue weighted by molar-refractivity contribution is 5.93. The van der Waals surface area contributed by atoms with Crippen molar-refractivity contribution in [1.29, 1.82) is 0 Å². The zero-order valence-corrected chi connectivity index (χ0v) is 18.6. The van der Waals surface area contributed by atoms with Crippen molar-refractivity contribution in [3.8, 4) is 0 Å². The van der Waals surface area contributed by atoms with Crippen molar-refractivity contribution >= 4 is 11.8 Å². The molecule has 5 rings (SSSR count). The number of amides is 2. The Balaban J connectivity index is 1.31. The van der Waals surface area contributed by atoms with Crippen LogP contribution in [0, 0.1) is 31.6 Å².